The summed E-state index contributed by atoms with van der Waals surface area (Å²) in [6, 6.07) is 5.57. The highest BCUT2D eigenvalue weighted by molar-refractivity contribution is 7.97. The summed E-state index contributed by atoms with van der Waals surface area (Å²) in [6.45, 7) is -0.203. The number of nitrogens with one attached hydrogen (secondary N) is 1. The van der Waals surface area contributed by atoms with Gasteiger partial charge in [-0.3, -0.25) is 20.0 Å². The van der Waals surface area contributed by atoms with Gasteiger partial charge in [0.15, 0.2) is 0 Å². The average Bonchev–Trinajstić information content (AvgIpc) is 2.77. The molecule has 0 saturated heterocycles. The number of H-pyrrole nitrogens is 1. The molecule has 0 unspecified atom stereocenters. The number of thioether (sulfide) groups is 1. The molecule has 2 rings (SSSR count). The van der Waals surface area contributed by atoms with E-state index in [-0.39, 0.29) is 17.8 Å². The van der Waals surface area contributed by atoms with Gasteiger partial charge in [-0.15, -0.1) is 0 Å². The van der Waals surface area contributed by atoms with E-state index < -0.39 is 4.92 Å². The number of hydrogen-bond acceptors (Lipinski definition) is 6. The predicted molar refractivity (Wildman–Crippen MR) is 79.8 cm³/mol. The molecule has 1 heterocycles. The largest absolute Gasteiger partial charge is 0.294 e. The van der Waals surface area contributed by atoms with E-state index >= 15 is 0 Å². The molecule has 8 nitrogen and oxygen atoms in total. The Morgan fingerprint density at radius 1 is 1.38 bits per heavy atom. The van der Waals surface area contributed by atoms with Gasteiger partial charge < -0.3 is 0 Å². The normalized spacial score (nSPS) is 10.5. The summed E-state index contributed by atoms with van der Waals surface area (Å²) in [6.07, 6.45) is 1.87. The standard InChI is InChI=1S/C12H12N4O4S/c1-21-7-11-10(6-13-18)12(17)15(14-11)8-2-4-9(5-3-8)16(19)20/h2-5,14H,6-7H2,1H3. The minimum Gasteiger partial charge on any atom is -0.294 e. The second-order valence-corrected chi connectivity index (χ2v) is 5.07. The summed E-state index contributed by atoms with van der Waals surface area (Å²) < 4.78 is 1.26. The summed E-state index contributed by atoms with van der Waals surface area (Å²) in [7, 11) is 0. The summed E-state index contributed by atoms with van der Waals surface area (Å²) in [5.74, 6) is 0.542. The van der Waals surface area contributed by atoms with Crippen molar-refractivity contribution < 1.29 is 4.92 Å². The first kappa shape index (κ1) is 15.0. The van der Waals surface area contributed by atoms with E-state index in [1.54, 1.807) is 0 Å². The highest BCUT2D eigenvalue weighted by Gasteiger charge is 2.15. The molecule has 0 fully saturated rings. The fraction of sp³-hybridized carbons (Fsp3) is 0.250. The van der Waals surface area contributed by atoms with Gasteiger partial charge in [-0.25, -0.2) is 4.68 Å². The van der Waals surface area contributed by atoms with Crippen LogP contribution in [0.1, 0.15) is 11.3 Å². The van der Waals surface area contributed by atoms with Gasteiger partial charge in [0.2, 0.25) is 0 Å². The van der Waals surface area contributed by atoms with Crippen molar-refractivity contribution in [2.24, 2.45) is 5.18 Å². The van der Waals surface area contributed by atoms with Gasteiger partial charge in [0.25, 0.3) is 11.2 Å². The molecule has 0 atom stereocenters. The topological polar surface area (TPSA) is 110 Å². The van der Waals surface area contributed by atoms with Crippen molar-refractivity contribution in [3.63, 3.8) is 0 Å². The van der Waals surface area contributed by atoms with Crippen molar-refractivity contribution in [1.82, 2.24) is 9.78 Å². The summed E-state index contributed by atoms with van der Waals surface area (Å²) in [5.41, 5.74) is 0.984. The highest BCUT2D eigenvalue weighted by Crippen LogP contribution is 2.16. The Hall–Kier alpha value is -2.42. The van der Waals surface area contributed by atoms with E-state index in [1.165, 1.54) is 40.7 Å². The maximum absolute atomic E-state index is 12.3. The molecule has 0 saturated carbocycles. The van der Waals surface area contributed by atoms with Crippen LogP contribution in [0.5, 0.6) is 0 Å². The van der Waals surface area contributed by atoms with Crippen molar-refractivity contribution in [2.45, 2.75) is 12.3 Å². The molecule has 0 bridgehead atoms. The Morgan fingerprint density at radius 2 is 2.05 bits per heavy atom. The average molecular weight is 308 g/mol. The molecular formula is C12H12N4O4S. The first-order valence-electron chi connectivity index (χ1n) is 5.94. The lowest BCUT2D eigenvalue weighted by atomic mass is 10.2. The lowest BCUT2D eigenvalue weighted by molar-refractivity contribution is -0.384. The van der Waals surface area contributed by atoms with Gasteiger partial charge in [-0.2, -0.15) is 16.7 Å². The second-order valence-electron chi connectivity index (χ2n) is 4.20. The van der Waals surface area contributed by atoms with Crippen LogP contribution in [-0.4, -0.2) is 21.0 Å². The minimum absolute atomic E-state index is 0.0579. The Kier molecular flexibility index (Phi) is 4.53. The molecule has 1 aromatic heterocycles. The lowest BCUT2D eigenvalue weighted by Gasteiger charge is -2.01. The van der Waals surface area contributed by atoms with E-state index in [9.17, 15) is 19.8 Å². The number of rotatable bonds is 6. The smallest absolute Gasteiger partial charge is 0.276 e. The number of benzene rings is 1. The van der Waals surface area contributed by atoms with E-state index in [1.807, 2.05) is 6.26 Å². The molecule has 1 aromatic carbocycles. The van der Waals surface area contributed by atoms with Crippen LogP contribution in [0.4, 0.5) is 5.69 Å². The summed E-state index contributed by atoms with van der Waals surface area (Å²) in [5, 5.41) is 16.3. The van der Waals surface area contributed by atoms with E-state index in [4.69, 9.17) is 0 Å². The predicted octanol–water partition coefficient (Wildman–Crippen LogP) is 2.20. The van der Waals surface area contributed by atoms with Gasteiger partial charge in [0.1, 0.15) is 6.54 Å². The third kappa shape index (κ3) is 3.02. The first-order valence-corrected chi connectivity index (χ1v) is 7.33. The Bertz CT molecular complexity index is 720. The third-order valence-electron chi connectivity index (χ3n) is 2.90. The molecule has 0 spiro atoms. The van der Waals surface area contributed by atoms with Gasteiger partial charge in [-0.1, -0.05) is 5.18 Å². The molecule has 2 aromatic rings. The summed E-state index contributed by atoms with van der Waals surface area (Å²) >= 11 is 1.50. The van der Waals surface area contributed by atoms with Crippen LogP contribution in [-0.2, 0) is 12.3 Å². The maximum Gasteiger partial charge on any atom is 0.276 e. The van der Waals surface area contributed by atoms with Crippen LogP contribution < -0.4 is 5.56 Å². The van der Waals surface area contributed by atoms with Gasteiger partial charge in [0.05, 0.1) is 21.9 Å². The second kappa shape index (κ2) is 6.35. The number of nitro benzene ring substituents is 1. The van der Waals surface area contributed by atoms with Crippen LogP contribution in [0, 0.1) is 15.0 Å². The van der Waals surface area contributed by atoms with Crippen LogP contribution in [0.2, 0.25) is 0 Å². The monoisotopic (exact) mass is 308 g/mol. The van der Waals surface area contributed by atoms with Crippen LogP contribution in [0.3, 0.4) is 0 Å². The molecule has 21 heavy (non-hydrogen) atoms. The fourth-order valence-electron chi connectivity index (χ4n) is 1.91. The van der Waals surface area contributed by atoms with Gasteiger partial charge >= 0.3 is 0 Å². The third-order valence-corrected chi connectivity index (χ3v) is 3.48. The number of non-ortho nitro benzene ring substituents is 1. The van der Waals surface area contributed by atoms with E-state index in [0.717, 1.165) is 0 Å². The minimum atomic E-state index is -0.512. The first-order chi connectivity index (χ1) is 10.1. The maximum atomic E-state index is 12.3. The molecule has 0 aliphatic rings. The molecule has 9 heteroatoms. The molecular weight excluding hydrogens is 296 g/mol. The SMILES string of the molecule is CSCc1[nH]n(-c2ccc([N+](=O)[O-])cc2)c(=O)c1CN=O. The van der Waals surface area contributed by atoms with Crippen molar-refractivity contribution in [1.29, 1.82) is 0 Å². The van der Waals surface area contributed by atoms with Crippen molar-refractivity contribution in [3.8, 4) is 5.69 Å². The highest BCUT2D eigenvalue weighted by atomic mass is 32.2. The van der Waals surface area contributed by atoms with Crippen LogP contribution in [0.25, 0.3) is 5.69 Å². The number of nitroso groups, excluding NO2 is 1. The number of hydrogen-bond donors (Lipinski definition) is 1. The van der Waals surface area contributed by atoms with Gasteiger partial charge in [-0.05, 0) is 18.4 Å². The zero-order chi connectivity index (χ0) is 15.4. The molecule has 1 N–H and O–H groups in total. The zero-order valence-corrected chi connectivity index (χ0v) is 11.9. The molecule has 0 radical (unpaired) electrons. The summed E-state index contributed by atoms with van der Waals surface area (Å²) in [4.78, 5) is 32.8. The van der Waals surface area contributed by atoms with E-state index in [2.05, 4.69) is 10.3 Å². The van der Waals surface area contributed by atoms with E-state index in [0.29, 0.717) is 22.7 Å². The number of aromatic nitrogens is 2. The van der Waals surface area contributed by atoms with Gasteiger partial charge in [0, 0.05) is 17.9 Å². The number of nitro groups is 1. The zero-order valence-electron chi connectivity index (χ0n) is 11.1. The molecule has 110 valence electrons. The Morgan fingerprint density at radius 3 is 2.57 bits per heavy atom. The molecule has 0 aliphatic carbocycles. The quantitative estimate of drug-likeness (QED) is 0.499. The van der Waals surface area contributed by atoms with Crippen molar-refractivity contribution in [2.75, 3.05) is 6.26 Å². The number of nitrogens with zero attached hydrogens (tertiary/aromatic N) is 3. The molecule has 0 aliphatic heterocycles. The van der Waals surface area contributed by atoms with Crippen LogP contribution in [0.15, 0.2) is 34.2 Å². The van der Waals surface area contributed by atoms with Crippen LogP contribution >= 0.6 is 11.8 Å². The lowest BCUT2D eigenvalue weighted by Crippen LogP contribution is -2.17. The van der Waals surface area contributed by atoms with Crippen molar-refractivity contribution >= 4 is 17.4 Å². The Labute approximate surface area is 123 Å². The molecule has 0 amide bonds. The van der Waals surface area contributed by atoms with Crippen molar-refractivity contribution in [3.05, 3.63) is 60.9 Å². The Balaban J connectivity index is 2.48. The number of aromatic amines is 1. The fourth-order valence-corrected chi connectivity index (χ4v) is 2.44.